The van der Waals surface area contributed by atoms with E-state index in [0.717, 1.165) is 66.9 Å². The molecule has 0 radical (unpaired) electrons. The number of aryl methyl sites for hydroxylation is 3. The summed E-state index contributed by atoms with van der Waals surface area (Å²) in [6.07, 6.45) is 7.79. The van der Waals surface area contributed by atoms with Gasteiger partial charge in [-0.15, -0.1) is 0 Å². The zero-order chi connectivity index (χ0) is 26.3. The highest BCUT2D eigenvalue weighted by molar-refractivity contribution is 6.30. The van der Waals surface area contributed by atoms with Crippen molar-refractivity contribution in [3.8, 4) is 0 Å². The van der Waals surface area contributed by atoms with Gasteiger partial charge in [0.05, 0.1) is 5.71 Å². The summed E-state index contributed by atoms with van der Waals surface area (Å²) in [5.74, 6) is 1.49. The van der Waals surface area contributed by atoms with Gasteiger partial charge in [0.1, 0.15) is 5.69 Å². The molecule has 2 aromatic rings. The van der Waals surface area contributed by atoms with Gasteiger partial charge in [-0.1, -0.05) is 43.1 Å². The molecule has 7 heteroatoms. The van der Waals surface area contributed by atoms with Gasteiger partial charge in [-0.05, 0) is 110 Å². The third-order valence-corrected chi connectivity index (χ3v) is 9.80. The molecule has 5 atom stereocenters. The Morgan fingerprint density at radius 1 is 1.30 bits per heavy atom. The Hall–Kier alpha value is -2.60. The molecule has 2 saturated carbocycles. The number of H-pyrrole nitrogens is 1. The van der Waals surface area contributed by atoms with Gasteiger partial charge in [0.15, 0.2) is 0 Å². The van der Waals surface area contributed by atoms with Crippen molar-refractivity contribution < 1.29 is 10.0 Å². The smallest absolute Gasteiger partial charge is 0.271 e. The molecule has 198 valence electrons. The van der Waals surface area contributed by atoms with Crippen LogP contribution in [0.4, 0.5) is 5.69 Å². The van der Waals surface area contributed by atoms with Crippen LogP contribution in [0.15, 0.2) is 34.2 Å². The normalized spacial score (nSPS) is 29.5. The average Bonchev–Trinajstić information content (AvgIpc) is 3.17. The van der Waals surface area contributed by atoms with E-state index in [2.05, 4.69) is 41.4 Å². The van der Waals surface area contributed by atoms with Gasteiger partial charge in [0.2, 0.25) is 5.91 Å². The van der Waals surface area contributed by atoms with Crippen LogP contribution in [0, 0.1) is 30.1 Å². The second-order valence-corrected chi connectivity index (χ2v) is 12.1. The van der Waals surface area contributed by atoms with Crippen LogP contribution < -0.4 is 10.9 Å². The molecular weight excluding hydrogens is 486 g/mol. The van der Waals surface area contributed by atoms with E-state index in [4.69, 9.17) is 11.6 Å². The molecule has 37 heavy (non-hydrogen) atoms. The first-order chi connectivity index (χ1) is 17.7. The molecule has 3 unspecified atom stereocenters. The highest BCUT2D eigenvalue weighted by Gasteiger charge is 2.57. The number of rotatable bonds is 6. The van der Waals surface area contributed by atoms with E-state index in [1.54, 1.807) is 0 Å². The number of carbonyl (C=O) groups is 1. The fraction of sp³-hybridized carbons (Fsp3) is 0.567. The minimum atomic E-state index is -0.259. The number of hydrogen-bond acceptors (Lipinski definition) is 4. The predicted octanol–water partition coefficient (Wildman–Crippen LogP) is 6.62. The van der Waals surface area contributed by atoms with Gasteiger partial charge in [-0.3, -0.25) is 9.59 Å². The maximum Gasteiger partial charge on any atom is 0.271 e. The lowest BCUT2D eigenvalue weighted by molar-refractivity contribution is -0.116. The number of nitrogens with zero attached hydrogens (tertiary/aromatic N) is 1. The Morgan fingerprint density at radius 3 is 2.86 bits per heavy atom. The van der Waals surface area contributed by atoms with Crippen molar-refractivity contribution in [3.63, 3.8) is 0 Å². The van der Waals surface area contributed by atoms with Gasteiger partial charge >= 0.3 is 0 Å². The monoisotopic (exact) mass is 523 g/mol. The van der Waals surface area contributed by atoms with Crippen LogP contribution in [0.5, 0.6) is 0 Å². The number of anilines is 1. The molecule has 1 aromatic heterocycles. The van der Waals surface area contributed by atoms with E-state index < -0.39 is 0 Å². The maximum atomic E-state index is 13.0. The summed E-state index contributed by atoms with van der Waals surface area (Å²) >= 11 is 6.29. The number of aromatic nitrogens is 1. The minimum absolute atomic E-state index is 0.135. The summed E-state index contributed by atoms with van der Waals surface area (Å²) in [7, 11) is 0. The fourth-order valence-electron chi connectivity index (χ4n) is 7.87. The number of benzene rings is 1. The molecular formula is C30H38ClN3O3. The number of halogens is 1. The first-order valence-electron chi connectivity index (χ1n) is 13.8. The number of carbonyl (C=O) groups excluding carboxylic acids is 1. The summed E-state index contributed by atoms with van der Waals surface area (Å²) in [5, 5.41) is 17.4. The standard InChI is InChI=1S/C30H38ClN3O3/c1-4-5-18-15-25(29(36)32-17(18)2)33-27(35)11-7-20-16-26(34-37)30(3)13-12-23-22-10-8-21(31)14-19(22)6-9-24(23)28(20)30/h8,10,14-15,20,23-24,28,37H,4-7,9,11-13,16H2,1-3H3,(H,32,36)(H,33,35)/b34-26+/t20-,23?,24?,28?,30-/m1/s1. The Morgan fingerprint density at radius 2 is 2.11 bits per heavy atom. The topological polar surface area (TPSA) is 94.5 Å². The van der Waals surface area contributed by atoms with E-state index >= 15 is 0 Å². The average molecular weight is 524 g/mol. The van der Waals surface area contributed by atoms with Crippen LogP contribution in [0.25, 0.3) is 0 Å². The highest BCUT2D eigenvalue weighted by atomic mass is 35.5. The summed E-state index contributed by atoms with van der Waals surface area (Å²) in [6.45, 7) is 6.25. The third-order valence-electron chi connectivity index (χ3n) is 9.56. The Kier molecular flexibility index (Phi) is 7.23. The van der Waals surface area contributed by atoms with Crippen LogP contribution in [0.1, 0.15) is 87.1 Å². The van der Waals surface area contributed by atoms with Crippen molar-refractivity contribution in [3.05, 3.63) is 62.0 Å². The number of oxime groups is 1. The molecule has 1 heterocycles. The molecule has 3 aliphatic carbocycles. The number of amides is 1. The molecule has 0 bridgehead atoms. The summed E-state index contributed by atoms with van der Waals surface area (Å²) in [6, 6.07) is 8.15. The zero-order valence-electron chi connectivity index (χ0n) is 22.1. The molecule has 2 fully saturated rings. The van der Waals surface area contributed by atoms with Crippen molar-refractivity contribution in [2.24, 2.45) is 28.3 Å². The number of fused-ring (bicyclic) bond motifs is 5. The number of nitrogens with one attached hydrogen (secondary N) is 2. The summed E-state index contributed by atoms with van der Waals surface area (Å²) < 4.78 is 0. The summed E-state index contributed by atoms with van der Waals surface area (Å²) in [5.41, 5.74) is 5.53. The fourth-order valence-corrected chi connectivity index (χ4v) is 8.06. The Bertz CT molecular complexity index is 1290. The van der Waals surface area contributed by atoms with Gasteiger partial charge in [0.25, 0.3) is 5.56 Å². The van der Waals surface area contributed by atoms with Crippen LogP contribution in [0.3, 0.4) is 0 Å². The van der Waals surface area contributed by atoms with E-state index in [0.29, 0.717) is 36.3 Å². The summed E-state index contributed by atoms with van der Waals surface area (Å²) in [4.78, 5) is 28.3. The predicted molar refractivity (Wildman–Crippen MR) is 148 cm³/mol. The van der Waals surface area contributed by atoms with Gasteiger partial charge in [-0.2, -0.15) is 0 Å². The van der Waals surface area contributed by atoms with Crippen molar-refractivity contribution in [1.29, 1.82) is 0 Å². The number of hydrogen-bond donors (Lipinski definition) is 3. The quantitative estimate of drug-likeness (QED) is 0.293. The van der Waals surface area contributed by atoms with Gasteiger partial charge in [0, 0.05) is 22.6 Å². The van der Waals surface area contributed by atoms with Gasteiger partial charge in [-0.25, -0.2) is 0 Å². The van der Waals surface area contributed by atoms with Crippen LogP contribution in [0.2, 0.25) is 5.02 Å². The molecule has 0 aliphatic heterocycles. The number of aromatic amines is 1. The van der Waals surface area contributed by atoms with Crippen LogP contribution in [-0.4, -0.2) is 21.8 Å². The molecule has 1 amide bonds. The van der Waals surface area contributed by atoms with Gasteiger partial charge < -0.3 is 15.5 Å². The van der Waals surface area contributed by atoms with Crippen molar-refractivity contribution >= 4 is 28.9 Å². The first-order valence-corrected chi connectivity index (χ1v) is 14.1. The van der Waals surface area contributed by atoms with E-state index in [-0.39, 0.29) is 22.8 Å². The lowest BCUT2D eigenvalue weighted by Gasteiger charge is -2.50. The van der Waals surface area contributed by atoms with E-state index in [9.17, 15) is 14.8 Å². The SMILES string of the molecule is CCCc1cc(NC(=O)CC[C@@H]2C/C(=N\O)[C@@]3(C)CCC4c5ccc(Cl)cc5CCC4C23)c(=O)[nH]c1C. The Labute approximate surface area is 223 Å². The Balaban J connectivity index is 1.33. The lowest BCUT2D eigenvalue weighted by Crippen LogP contribution is -2.44. The number of pyridine rings is 1. The second-order valence-electron chi connectivity index (χ2n) is 11.6. The molecule has 0 saturated heterocycles. The van der Waals surface area contributed by atoms with Crippen molar-refractivity contribution in [2.45, 2.75) is 84.5 Å². The molecule has 3 N–H and O–H groups in total. The van der Waals surface area contributed by atoms with Crippen LogP contribution in [-0.2, 0) is 17.6 Å². The molecule has 0 spiro atoms. The third kappa shape index (κ3) is 4.73. The first kappa shape index (κ1) is 26.0. The lowest BCUT2D eigenvalue weighted by atomic mass is 9.54. The minimum Gasteiger partial charge on any atom is -0.411 e. The maximum absolute atomic E-state index is 13.0. The largest absolute Gasteiger partial charge is 0.411 e. The molecule has 3 aliphatic rings. The van der Waals surface area contributed by atoms with Crippen molar-refractivity contribution in [2.75, 3.05) is 5.32 Å². The van der Waals surface area contributed by atoms with E-state index in [1.807, 2.05) is 19.1 Å². The zero-order valence-corrected chi connectivity index (χ0v) is 22.8. The molecule has 6 nitrogen and oxygen atoms in total. The molecule has 5 rings (SSSR count). The van der Waals surface area contributed by atoms with Crippen molar-refractivity contribution in [1.82, 2.24) is 4.98 Å². The molecule has 1 aromatic carbocycles. The van der Waals surface area contributed by atoms with Crippen LogP contribution >= 0.6 is 11.6 Å². The van der Waals surface area contributed by atoms with E-state index in [1.165, 1.54) is 11.1 Å². The highest BCUT2D eigenvalue weighted by Crippen LogP contribution is 2.62. The second kappa shape index (κ2) is 10.3.